The summed E-state index contributed by atoms with van der Waals surface area (Å²) < 4.78 is 0. The van der Waals surface area contributed by atoms with Gasteiger partial charge in [0.15, 0.2) is 0 Å². The number of nitrogens with zero attached hydrogens (tertiary/aromatic N) is 2. The number of rotatable bonds is 5. The molecule has 0 bridgehead atoms. The fourth-order valence-electron chi connectivity index (χ4n) is 2.67. The molecule has 0 saturated heterocycles. The first-order valence-corrected chi connectivity index (χ1v) is 9.11. The number of aliphatic imine (C=N–C) groups is 2. The smallest absolute Gasteiger partial charge is 0.252 e. The van der Waals surface area contributed by atoms with E-state index in [4.69, 9.17) is 5.73 Å². The van der Waals surface area contributed by atoms with E-state index in [-0.39, 0.29) is 30.2 Å². The van der Waals surface area contributed by atoms with Crippen LogP contribution in [0.5, 0.6) is 0 Å². The Labute approximate surface area is 172 Å². The van der Waals surface area contributed by atoms with E-state index >= 15 is 0 Å². The summed E-state index contributed by atoms with van der Waals surface area (Å²) in [6.45, 7) is 1.41. The van der Waals surface area contributed by atoms with E-state index in [1.54, 1.807) is 24.3 Å². The van der Waals surface area contributed by atoms with Crippen molar-refractivity contribution in [3.8, 4) is 0 Å². The third-order valence-corrected chi connectivity index (χ3v) is 3.96. The van der Waals surface area contributed by atoms with Crippen LogP contribution in [0.15, 0.2) is 64.6 Å². The van der Waals surface area contributed by atoms with E-state index in [9.17, 15) is 14.4 Å². The maximum absolute atomic E-state index is 12.2. The van der Waals surface area contributed by atoms with Gasteiger partial charge in [0.1, 0.15) is 6.04 Å². The van der Waals surface area contributed by atoms with Crippen molar-refractivity contribution >= 4 is 46.7 Å². The van der Waals surface area contributed by atoms with Gasteiger partial charge in [0.05, 0.1) is 6.42 Å². The highest BCUT2D eigenvalue weighted by Gasteiger charge is 2.28. The summed E-state index contributed by atoms with van der Waals surface area (Å²) in [5.41, 5.74) is 7.71. The monoisotopic (exact) mass is 407 g/mol. The van der Waals surface area contributed by atoms with Crippen LogP contribution in [-0.4, -0.2) is 35.7 Å². The lowest BCUT2D eigenvalue weighted by atomic mass is 10.2. The second kappa shape index (κ2) is 9.32. The fourth-order valence-corrected chi connectivity index (χ4v) is 2.67. The summed E-state index contributed by atoms with van der Waals surface area (Å²) in [5, 5.41) is 10.7. The standard InChI is InChI=1S/C20H21N7O3/c1-12(28)22-14-7-9-15(10-8-14)23-17(29)11-16-18(30)26-20(25-16)27-19(21)24-13-5-3-2-4-6-13/h2-10,16H,11H2,1H3,(H,22,28)(H,23,29)(H4,21,24,25,26,27,30)/t16-/m0/s1. The Morgan fingerprint density at radius 1 is 1.00 bits per heavy atom. The molecule has 3 rings (SSSR count). The van der Waals surface area contributed by atoms with Gasteiger partial charge in [-0.3, -0.25) is 19.7 Å². The minimum atomic E-state index is -0.896. The third-order valence-electron chi connectivity index (χ3n) is 3.96. The number of para-hydroxylation sites is 1. The lowest BCUT2D eigenvalue weighted by Crippen LogP contribution is -2.32. The Morgan fingerprint density at radius 3 is 2.23 bits per heavy atom. The molecule has 1 heterocycles. The van der Waals surface area contributed by atoms with Crippen LogP contribution in [0.4, 0.5) is 17.1 Å². The third kappa shape index (κ3) is 5.89. The second-order valence-electron chi connectivity index (χ2n) is 6.46. The number of hydrogen-bond acceptors (Lipinski definition) is 5. The maximum Gasteiger partial charge on any atom is 0.252 e. The number of carbonyl (C=O) groups excluding carboxylic acids is 3. The summed E-state index contributed by atoms with van der Waals surface area (Å²) in [4.78, 5) is 43.5. The minimum absolute atomic E-state index is 0.0402. The number of hydrogen-bond donors (Lipinski definition) is 5. The van der Waals surface area contributed by atoms with Gasteiger partial charge in [0.2, 0.25) is 23.7 Å². The van der Waals surface area contributed by atoms with Crippen molar-refractivity contribution in [2.75, 3.05) is 16.0 Å². The van der Waals surface area contributed by atoms with Crippen molar-refractivity contribution in [2.45, 2.75) is 19.4 Å². The first-order chi connectivity index (χ1) is 14.4. The van der Waals surface area contributed by atoms with Gasteiger partial charge in [0, 0.05) is 24.0 Å². The molecule has 3 amide bonds. The van der Waals surface area contributed by atoms with Gasteiger partial charge in [-0.2, -0.15) is 4.99 Å². The molecule has 10 heteroatoms. The average Bonchev–Trinajstić information content (AvgIpc) is 3.02. The van der Waals surface area contributed by atoms with Crippen LogP contribution in [0, 0.1) is 0 Å². The molecule has 30 heavy (non-hydrogen) atoms. The van der Waals surface area contributed by atoms with Crippen LogP contribution >= 0.6 is 0 Å². The van der Waals surface area contributed by atoms with Gasteiger partial charge in [0.25, 0.3) is 5.91 Å². The van der Waals surface area contributed by atoms with Gasteiger partial charge in [-0.1, -0.05) is 18.2 Å². The first-order valence-electron chi connectivity index (χ1n) is 9.11. The predicted octanol–water partition coefficient (Wildman–Crippen LogP) is 1.25. The van der Waals surface area contributed by atoms with Gasteiger partial charge < -0.3 is 21.7 Å². The van der Waals surface area contributed by atoms with Crippen molar-refractivity contribution in [1.82, 2.24) is 5.32 Å². The van der Waals surface area contributed by atoms with Gasteiger partial charge in [-0.05, 0) is 36.4 Å². The van der Waals surface area contributed by atoms with E-state index in [0.717, 1.165) is 5.69 Å². The van der Waals surface area contributed by atoms with Crippen molar-refractivity contribution in [1.29, 1.82) is 0 Å². The zero-order chi connectivity index (χ0) is 21.5. The number of carbonyl (C=O) groups is 3. The molecule has 0 fully saturated rings. The van der Waals surface area contributed by atoms with Crippen molar-refractivity contribution in [3.05, 3.63) is 54.6 Å². The molecule has 0 aromatic heterocycles. The summed E-state index contributed by atoms with van der Waals surface area (Å²) in [6, 6.07) is 14.9. The summed E-state index contributed by atoms with van der Waals surface area (Å²) in [6.07, 6.45) is -0.148. The SMILES string of the molecule is CC(=O)Nc1ccc(NC(=O)C[C@@H]2N=C(N=C(N)Nc3ccccc3)NC2=O)cc1. The van der Waals surface area contributed by atoms with Crippen LogP contribution in [0.25, 0.3) is 0 Å². The van der Waals surface area contributed by atoms with Crippen molar-refractivity contribution in [2.24, 2.45) is 15.7 Å². The summed E-state index contributed by atoms with van der Waals surface area (Å²) >= 11 is 0. The molecular weight excluding hydrogens is 386 g/mol. The molecule has 1 atom stereocenters. The quantitative estimate of drug-likeness (QED) is 0.373. The topological polar surface area (TPSA) is 150 Å². The summed E-state index contributed by atoms with van der Waals surface area (Å²) in [7, 11) is 0. The van der Waals surface area contributed by atoms with E-state index in [1.165, 1.54) is 6.92 Å². The van der Waals surface area contributed by atoms with Gasteiger partial charge in [-0.15, -0.1) is 0 Å². The molecule has 2 aromatic carbocycles. The Kier molecular flexibility index (Phi) is 6.38. The molecule has 0 spiro atoms. The van der Waals surface area contributed by atoms with E-state index in [0.29, 0.717) is 11.4 Å². The molecule has 2 aromatic rings. The highest BCUT2D eigenvalue weighted by atomic mass is 16.2. The minimum Gasteiger partial charge on any atom is -0.369 e. The molecule has 0 radical (unpaired) electrons. The van der Waals surface area contributed by atoms with Gasteiger partial charge >= 0.3 is 0 Å². The molecule has 154 valence electrons. The van der Waals surface area contributed by atoms with E-state index < -0.39 is 11.9 Å². The fraction of sp³-hybridized carbons (Fsp3) is 0.150. The van der Waals surface area contributed by atoms with Crippen molar-refractivity contribution in [3.63, 3.8) is 0 Å². The molecule has 10 nitrogen and oxygen atoms in total. The van der Waals surface area contributed by atoms with E-state index in [1.807, 2.05) is 30.3 Å². The van der Waals surface area contributed by atoms with Crippen LogP contribution in [0.2, 0.25) is 0 Å². The molecule has 0 saturated carbocycles. The Morgan fingerprint density at radius 2 is 1.60 bits per heavy atom. The summed E-state index contributed by atoms with van der Waals surface area (Å²) in [5.74, 6) is -0.901. The average molecular weight is 407 g/mol. The van der Waals surface area contributed by atoms with Gasteiger partial charge in [-0.25, -0.2) is 4.99 Å². The zero-order valence-corrected chi connectivity index (χ0v) is 16.2. The van der Waals surface area contributed by atoms with Crippen molar-refractivity contribution < 1.29 is 14.4 Å². The second-order valence-corrected chi connectivity index (χ2v) is 6.46. The number of nitrogens with two attached hydrogens (primary N) is 1. The lowest BCUT2D eigenvalue weighted by Gasteiger charge is -2.08. The van der Waals surface area contributed by atoms with Crippen LogP contribution < -0.4 is 27.0 Å². The number of anilines is 3. The Balaban J connectivity index is 1.56. The first kappa shape index (κ1) is 20.5. The molecule has 1 aliphatic rings. The molecule has 0 unspecified atom stereocenters. The number of benzene rings is 2. The van der Waals surface area contributed by atoms with Crippen LogP contribution in [-0.2, 0) is 14.4 Å². The van der Waals surface area contributed by atoms with E-state index in [2.05, 4.69) is 31.3 Å². The zero-order valence-electron chi connectivity index (χ0n) is 16.2. The highest BCUT2D eigenvalue weighted by molar-refractivity contribution is 6.11. The predicted molar refractivity (Wildman–Crippen MR) is 115 cm³/mol. The van der Waals surface area contributed by atoms with Crippen LogP contribution in [0.1, 0.15) is 13.3 Å². The number of amides is 3. The lowest BCUT2D eigenvalue weighted by molar-refractivity contribution is -0.123. The molecule has 0 aliphatic carbocycles. The number of guanidine groups is 2. The normalized spacial score (nSPS) is 15.8. The Hall–Kier alpha value is -4.21. The molecule has 6 N–H and O–H groups in total. The largest absolute Gasteiger partial charge is 0.369 e. The Bertz CT molecular complexity index is 1000. The molecular formula is C20H21N7O3. The highest BCUT2D eigenvalue weighted by Crippen LogP contribution is 2.15. The molecule has 1 aliphatic heterocycles. The number of nitrogens with one attached hydrogen (secondary N) is 4. The maximum atomic E-state index is 12.2. The van der Waals surface area contributed by atoms with Crippen LogP contribution in [0.3, 0.4) is 0 Å².